The second kappa shape index (κ2) is 6.32. The minimum Gasteiger partial charge on any atom is -0.459 e. The van der Waals surface area contributed by atoms with E-state index in [1.807, 2.05) is 13.8 Å². The second-order valence-corrected chi connectivity index (χ2v) is 11.9. The van der Waals surface area contributed by atoms with Crippen LogP contribution in [0.15, 0.2) is 0 Å². The van der Waals surface area contributed by atoms with Crippen molar-refractivity contribution in [1.82, 2.24) is 0 Å². The van der Waals surface area contributed by atoms with Crippen LogP contribution in [0.5, 0.6) is 0 Å². The van der Waals surface area contributed by atoms with Crippen molar-refractivity contribution in [2.24, 2.45) is 51.6 Å². The van der Waals surface area contributed by atoms with Gasteiger partial charge in [-0.25, -0.2) is 0 Å². The van der Waals surface area contributed by atoms with Gasteiger partial charge in [-0.2, -0.15) is 5.26 Å². The molecule has 5 aliphatic carbocycles. The van der Waals surface area contributed by atoms with Gasteiger partial charge in [0.1, 0.15) is 11.4 Å². The molecule has 2 bridgehead atoms. The highest BCUT2D eigenvalue weighted by atomic mass is 16.6. The van der Waals surface area contributed by atoms with E-state index in [0.29, 0.717) is 32.1 Å². The number of aliphatic hydroxyl groups is 1. The number of hydrogen-bond acceptors (Lipinski definition) is 6. The van der Waals surface area contributed by atoms with Crippen molar-refractivity contribution in [2.45, 2.75) is 90.4 Å². The Morgan fingerprint density at radius 3 is 2.61 bits per heavy atom. The summed E-state index contributed by atoms with van der Waals surface area (Å²) in [5.41, 5.74) is 4.64. The molecule has 5 rings (SSSR count). The highest BCUT2D eigenvalue weighted by molar-refractivity contribution is 5.85. The summed E-state index contributed by atoms with van der Waals surface area (Å²) in [5, 5.41) is 22.1. The number of fused-ring (bicyclic) bond motifs is 6. The normalized spacial score (nSPS) is 57.1. The highest BCUT2D eigenvalue weighted by Gasteiger charge is 2.78. The molecule has 11 atom stereocenters. The van der Waals surface area contributed by atoms with Crippen molar-refractivity contribution in [3.05, 3.63) is 0 Å². The summed E-state index contributed by atoms with van der Waals surface area (Å²) >= 11 is 0. The predicted molar refractivity (Wildman–Crippen MR) is 113 cm³/mol. The number of aliphatic hydroxyl groups excluding tert-OH is 1. The summed E-state index contributed by atoms with van der Waals surface area (Å²) in [5.74, 6) is -0.0679. The van der Waals surface area contributed by atoms with Crippen LogP contribution in [0.4, 0.5) is 0 Å². The fourth-order valence-electron chi connectivity index (χ4n) is 9.53. The number of nitriles is 1. The first-order valence-electron chi connectivity index (χ1n) is 12.1. The number of esters is 1. The van der Waals surface area contributed by atoms with Gasteiger partial charge in [0.25, 0.3) is 0 Å². The highest BCUT2D eigenvalue weighted by Crippen LogP contribution is 2.76. The summed E-state index contributed by atoms with van der Waals surface area (Å²) in [6.45, 7) is 8.18. The molecule has 0 amide bonds. The van der Waals surface area contributed by atoms with Crippen molar-refractivity contribution in [3.63, 3.8) is 0 Å². The Kier molecular flexibility index (Phi) is 4.36. The van der Waals surface area contributed by atoms with Gasteiger partial charge >= 0.3 is 5.97 Å². The van der Waals surface area contributed by atoms with Crippen molar-refractivity contribution in [3.8, 4) is 6.07 Å². The van der Waals surface area contributed by atoms with Gasteiger partial charge in [-0.1, -0.05) is 20.8 Å². The third kappa shape index (κ3) is 2.25. The molecule has 7 unspecified atom stereocenters. The minimum absolute atomic E-state index is 0.0441. The van der Waals surface area contributed by atoms with E-state index >= 15 is 0 Å². The third-order valence-electron chi connectivity index (χ3n) is 11.2. The van der Waals surface area contributed by atoms with E-state index in [1.54, 1.807) is 0 Å². The molecule has 0 spiro atoms. The first-order valence-corrected chi connectivity index (χ1v) is 12.1. The van der Waals surface area contributed by atoms with Crippen LogP contribution in [-0.4, -0.2) is 34.6 Å². The van der Waals surface area contributed by atoms with E-state index in [1.165, 1.54) is 0 Å². The molecule has 0 saturated heterocycles. The van der Waals surface area contributed by atoms with Crippen LogP contribution in [-0.2, 0) is 14.3 Å². The summed E-state index contributed by atoms with van der Waals surface area (Å²) in [6, 6.07) is 2.27. The molecular formula is C25H36N2O4. The Hall–Kier alpha value is -1.45. The van der Waals surface area contributed by atoms with Gasteiger partial charge in [0.15, 0.2) is 0 Å². The molecule has 6 heteroatoms. The number of ketones is 1. The Morgan fingerprint density at radius 2 is 1.97 bits per heavy atom. The lowest BCUT2D eigenvalue weighted by molar-refractivity contribution is -0.218. The van der Waals surface area contributed by atoms with Crippen LogP contribution in [0.25, 0.3) is 0 Å². The summed E-state index contributed by atoms with van der Waals surface area (Å²) < 4.78 is 6.04. The van der Waals surface area contributed by atoms with E-state index in [4.69, 9.17) is 10.5 Å². The first-order chi connectivity index (χ1) is 14.5. The maximum Gasteiger partial charge on any atom is 0.306 e. The molecule has 6 nitrogen and oxygen atoms in total. The molecule has 0 aromatic heterocycles. The summed E-state index contributed by atoms with van der Waals surface area (Å²) in [4.78, 5) is 25.3. The van der Waals surface area contributed by atoms with Gasteiger partial charge in [0.2, 0.25) is 0 Å². The fraction of sp³-hybridized carbons (Fsp3) is 0.880. The average molecular weight is 429 g/mol. The average Bonchev–Trinajstić information content (AvgIpc) is 3.15. The Bertz CT molecular complexity index is 883. The van der Waals surface area contributed by atoms with Gasteiger partial charge in [-0.15, -0.1) is 0 Å². The number of nitrogens with zero attached hydrogens (tertiary/aromatic N) is 1. The quantitative estimate of drug-likeness (QED) is 0.654. The molecule has 31 heavy (non-hydrogen) atoms. The van der Waals surface area contributed by atoms with Gasteiger partial charge in [-0.3, -0.25) is 9.59 Å². The minimum atomic E-state index is -0.765. The molecular weight excluding hydrogens is 392 g/mol. The lowest BCUT2D eigenvalue weighted by Gasteiger charge is -2.64. The molecule has 0 aliphatic heterocycles. The predicted octanol–water partition coefficient (Wildman–Crippen LogP) is 2.97. The number of Topliss-reactive ketones (excluding diaryl/α,β-unsaturated/α-hetero) is 1. The molecule has 0 aromatic carbocycles. The maximum atomic E-state index is 13.0. The number of hydrogen-bond donors (Lipinski definition) is 2. The smallest absolute Gasteiger partial charge is 0.306 e. The number of ether oxygens (including phenoxy) is 1. The lowest BCUT2D eigenvalue weighted by atomic mass is 9.39. The Labute approximate surface area is 184 Å². The van der Waals surface area contributed by atoms with Crippen molar-refractivity contribution < 1.29 is 19.4 Å². The molecule has 5 saturated carbocycles. The van der Waals surface area contributed by atoms with Crippen molar-refractivity contribution in [1.29, 1.82) is 5.26 Å². The number of carbonyl (C=O) groups excluding carboxylic acids is 2. The molecule has 0 radical (unpaired) electrons. The number of rotatable bonds is 2. The van der Waals surface area contributed by atoms with Crippen LogP contribution >= 0.6 is 0 Å². The van der Waals surface area contributed by atoms with E-state index in [9.17, 15) is 20.0 Å². The zero-order chi connectivity index (χ0) is 22.6. The molecule has 170 valence electrons. The van der Waals surface area contributed by atoms with Gasteiger partial charge in [-0.05, 0) is 68.1 Å². The number of carbonyl (C=O) groups is 2. The van der Waals surface area contributed by atoms with Crippen LogP contribution < -0.4 is 5.73 Å². The van der Waals surface area contributed by atoms with E-state index in [2.05, 4.69) is 19.9 Å². The molecule has 0 heterocycles. The Morgan fingerprint density at radius 1 is 1.26 bits per heavy atom. The van der Waals surface area contributed by atoms with E-state index in [-0.39, 0.29) is 46.9 Å². The lowest BCUT2D eigenvalue weighted by Crippen LogP contribution is -2.65. The zero-order valence-electron chi connectivity index (χ0n) is 19.2. The monoisotopic (exact) mass is 428 g/mol. The van der Waals surface area contributed by atoms with Gasteiger partial charge in [0, 0.05) is 24.3 Å². The topological polar surface area (TPSA) is 113 Å². The molecule has 0 aromatic rings. The third-order valence-corrected chi connectivity index (χ3v) is 11.2. The first kappa shape index (κ1) is 21.4. The summed E-state index contributed by atoms with van der Waals surface area (Å²) in [7, 11) is 0. The molecule has 3 N–H and O–H groups in total. The van der Waals surface area contributed by atoms with Crippen molar-refractivity contribution >= 4 is 11.8 Å². The zero-order valence-corrected chi connectivity index (χ0v) is 19.2. The number of nitrogens with two attached hydrogens (primary N) is 1. The molecule has 5 fully saturated rings. The van der Waals surface area contributed by atoms with Crippen LogP contribution in [0.1, 0.15) is 72.6 Å². The van der Waals surface area contributed by atoms with Crippen LogP contribution in [0.3, 0.4) is 0 Å². The SMILES string of the molecule is CCC(=O)O[C@@]1(C)CCC2C3C([C@H](O)CC21C)C1(C)CCC(=O)C2C(N)[C@@H]3C[C@]21C#N. The van der Waals surface area contributed by atoms with Crippen LogP contribution in [0, 0.1) is 57.2 Å². The Balaban J connectivity index is 1.63. The second-order valence-electron chi connectivity index (χ2n) is 11.9. The van der Waals surface area contributed by atoms with Gasteiger partial charge < -0.3 is 15.6 Å². The maximum absolute atomic E-state index is 13.0. The summed E-state index contributed by atoms with van der Waals surface area (Å²) in [6.07, 6.45) is 3.77. The van der Waals surface area contributed by atoms with Crippen molar-refractivity contribution in [2.75, 3.05) is 0 Å². The van der Waals surface area contributed by atoms with Crippen LogP contribution in [0.2, 0.25) is 0 Å². The van der Waals surface area contributed by atoms with E-state index in [0.717, 1.165) is 12.8 Å². The van der Waals surface area contributed by atoms with Gasteiger partial charge in [0.05, 0.1) is 23.5 Å². The largest absolute Gasteiger partial charge is 0.459 e. The molecule has 5 aliphatic rings. The standard InChI is InChI=1S/C25H36N2O4/c1-5-17(30)31-24(4)9-6-14-18-13-10-25(12-26)20(21(13)27)15(28)7-8-22(25,2)19(18)16(29)11-23(14,24)3/h13-14,16,18-21,29H,5-11,27H2,1-4H3/t13-,14?,16-,18?,19?,20?,21?,22?,23?,24+,25+/m1/s1. The fourth-order valence-corrected chi connectivity index (χ4v) is 9.53. The van der Waals surface area contributed by atoms with E-state index < -0.39 is 28.5 Å².